The number of hydrogen-bond donors (Lipinski definition) is 1. The van der Waals surface area contributed by atoms with E-state index < -0.39 is 41.1 Å². The van der Waals surface area contributed by atoms with Crippen LogP contribution in [0.1, 0.15) is 57.1 Å². The van der Waals surface area contributed by atoms with Gasteiger partial charge in [0.1, 0.15) is 23.2 Å². The average Bonchev–Trinajstić information content (AvgIpc) is 3.28. The first kappa shape index (κ1) is 27.6. The Morgan fingerprint density at radius 3 is 2.56 bits per heavy atom. The van der Waals surface area contributed by atoms with Gasteiger partial charge in [0.05, 0.1) is 25.2 Å². The zero-order valence-electron chi connectivity index (χ0n) is 23.4. The number of aliphatic hydroxyl groups is 1. The van der Waals surface area contributed by atoms with Gasteiger partial charge in [0.25, 0.3) is 5.91 Å². The summed E-state index contributed by atoms with van der Waals surface area (Å²) >= 11 is 0. The number of carbonyl (C=O) groups excluding carboxylic acids is 3. The Kier molecular flexibility index (Phi) is 7.46. The summed E-state index contributed by atoms with van der Waals surface area (Å²) in [5.74, 6) is -2.93. The summed E-state index contributed by atoms with van der Waals surface area (Å²) < 4.78 is 12.7. The number of amides is 2. The summed E-state index contributed by atoms with van der Waals surface area (Å²) in [5.41, 5.74) is 0.278. The molecule has 4 aliphatic heterocycles. The molecule has 0 radical (unpaired) electrons. The molecule has 0 saturated carbocycles. The van der Waals surface area contributed by atoms with Crippen LogP contribution in [-0.4, -0.2) is 70.8 Å². The standard InChI is InChI=1S/C31H40N2O6/c1-5-22(19-34)33-26-28(36)32(23-18-20(3)12-13-21(23)4)16-11-15-31(26)24(27(33)35)25-29(37)38-17-10-8-7-9-14-30(25,6-2)39-31/h9,11-15,18,22,24-26,34H,5-8,10,16-17,19H2,1-4H3/b14-9-/t22-,24-,25+,26?,30-,31-/m0/s1. The van der Waals surface area contributed by atoms with Crippen LogP contribution in [0.15, 0.2) is 42.5 Å². The molecule has 2 saturated heterocycles. The predicted molar refractivity (Wildman–Crippen MR) is 147 cm³/mol. The van der Waals surface area contributed by atoms with E-state index in [2.05, 4.69) is 0 Å². The largest absolute Gasteiger partial charge is 0.465 e. The van der Waals surface area contributed by atoms with Crippen LogP contribution in [0.3, 0.4) is 0 Å². The number of esters is 1. The Balaban J connectivity index is 1.71. The first-order chi connectivity index (χ1) is 18.7. The van der Waals surface area contributed by atoms with Crippen molar-refractivity contribution < 1.29 is 29.0 Å². The van der Waals surface area contributed by atoms with Gasteiger partial charge in [-0.05, 0) is 63.1 Å². The summed E-state index contributed by atoms with van der Waals surface area (Å²) in [5, 5.41) is 10.3. The summed E-state index contributed by atoms with van der Waals surface area (Å²) in [6.07, 6.45) is 11.0. The lowest BCUT2D eigenvalue weighted by molar-refractivity contribution is -0.161. The molecule has 8 nitrogen and oxygen atoms in total. The van der Waals surface area contributed by atoms with Gasteiger partial charge in [0, 0.05) is 12.2 Å². The molecule has 210 valence electrons. The molecular weight excluding hydrogens is 496 g/mol. The molecule has 2 fully saturated rings. The van der Waals surface area contributed by atoms with Crippen molar-refractivity contribution in [3.05, 3.63) is 53.6 Å². The van der Waals surface area contributed by atoms with Gasteiger partial charge in [-0.25, -0.2) is 0 Å². The summed E-state index contributed by atoms with van der Waals surface area (Å²) in [7, 11) is 0. The fourth-order valence-electron chi connectivity index (χ4n) is 7.01. The topological polar surface area (TPSA) is 96.4 Å². The maximum Gasteiger partial charge on any atom is 0.313 e. The molecule has 6 atom stereocenters. The molecule has 0 bridgehead atoms. The Morgan fingerprint density at radius 1 is 1.05 bits per heavy atom. The second-order valence-corrected chi connectivity index (χ2v) is 11.3. The lowest BCUT2D eigenvalue weighted by Gasteiger charge is -2.41. The van der Waals surface area contributed by atoms with Crippen molar-refractivity contribution in [1.82, 2.24) is 4.90 Å². The Morgan fingerprint density at radius 2 is 1.85 bits per heavy atom. The highest BCUT2D eigenvalue weighted by molar-refractivity contribution is 6.06. The van der Waals surface area contributed by atoms with Crippen molar-refractivity contribution in [2.24, 2.45) is 11.8 Å². The maximum absolute atomic E-state index is 14.6. The second-order valence-electron chi connectivity index (χ2n) is 11.3. The molecule has 5 rings (SSSR count). The van der Waals surface area contributed by atoms with Crippen LogP contribution < -0.4 is 4.90 Å². The van der Waals surface area contributed by atoms with Crippen molar-refractivity contribution in [3.63, 3.8) is 0 Å². The van der Waals surface area contributed by atoms with E-state index in [1.165, 1.54) is 4.90 Å². The maximum atomic E-state index is 14.6. The molecule has 8 heteroatoms. The molecule has 39 heavy (non-hydrogen) atoms. The monoisotopic (exact) mass is 536 g/mol. The number of anilines is 1. The average molecular weight is 537 g/mol. The van der Waals surface area contributed by atoms with Crippen LogP contribution >= 0.6 is 0 Å². The molecule has 4 aliphatic rings. The van der Waals surface area contributed by atoms with E-state index in [9.17, 15) is 19.5 Å². The summed E-state index contributed by atoms with van der Waals surface area (Å²) in [4.78, 5) is 46.0. The van der Waals surface area contributed by atoms with Gasteiger partial charge in [-0.2, -0.15) is 0 Å². The Labute approximate surface area is 230 Å². The van der Waals surface area contributed by atoms with E-state index in [-0.39, 0.29) is 25.0 Å². The highest BCUT2D eigenvalue weighted by Crippen LogP contribution is 2.58. The highest BCUT2D eigenvalue weighted by Gasteiger charge is 2.75. The number of ether oxygens (including phenoxy) is 2. The SMILES string of the molecule is CC[C@@H](CO)N1C(=O)[C@@H]2[C@@H]3C(=O)OCCCC/C=C\[C@]3(CC)O[C@@]23C=CCN(c2cc(C)ccc2C)C(=O)C13. The van der Waals surface area contributed by atoms with Crippen LogP contribution in [0.4, 0.5) is 5.69 Å². The van der Waals surface area contributed by atoms with Gasteiger partial charge in [-0.3, -0.25) is 14.4 Å². The number of hydrogen-bond acceptors (Lipinski definition) is 6. The van der Waals surface area contributed by atoms with Crippen LogP contribution in [0.25, 0.3) is 0 Å². The molecule has 4 heterocycles. The van der Waals surface area contributed by atoms with Crippen LogP contribution in [-0.2, 0) is 23.9 Å². The number of fused-ring (bicyclic) bond motifs is 2. The molecular formula is C31H40N2O6. The molecule has 1 aromatic rings. The first-order valence-electron chi connectivity index (χ1n) is 14.3. The zero-order valence-corrected chi connectivity index (χ0v) is 23.4. The van der Waals surface area contributed by atoms with E-state index >= 15 is 0 Å². The van der Waals surface area contributed by atoms with E-state index in [0.29, 0.717) is 19.4 Å². The Hall–Kier alpha value is -2.97. The molecule has 2 amide bonds. The molecule has 0 aromatic heterocycles. The second kappa shape index (κ2) is 10.5. The van der Waals surface area contributed by atoms with Gasteiger partial charge in [-0.1, -0.05) is 50.3 Å². The van der Waals surface area contributed by atoms with Gasteiger partial charge in [0.2, 0.25) is 5.91 Å². The minimum absolute atomic E-state index is 0.274. The minimum Gasteiger partial charge on any atom is -0.465 e. The predicted octanol–water partition coefficient (Wildman–Crippen LogP) is 3.62. The molecule has 1 spiro atoms. The van der Waals surface area contributed by atoms with Gasteiger partial charge >= 0.3 is 5.97 Å². The number of allylic oxidation sites excluding steroid dienone is 1. The number of likely N-dealkylation sites (tertiary alicyclic amines) is 1. The molecule has 1 unspecified atom stereocenters. The van der Waals surface area contributed by atoms with E-state index in [1.54, 1.807) is 4.90 Å². The third-order valence-corrected chi connectivity index (χ3v) is 9.05. The third kappa shape index (κ3) is 4.23. The van der Waals surface area contributed by atoms with E-state index in [0.717, 1.165) is 36.1 Å². The molecule has 1 aromatic carbocycles. The first-order valence-corrected chi connectivity index (χ1v) is 14.3. The van der Waals surface area contributed by atoms with Crippen molar-refractivity contribution in [2.75, 3.05) is 24.7 Å². The fraction of sp³-hybridized carbons (Fsp3) is 0.581. The van der Waals surface area contributed by atoms with Crippen LogP contribution in [0, 0.1) is 25.7 Å². The zero-order chi connectivity index (χ0) is 27.9. The molecule has 1 N–H and O–H groups in total. The van der Waals surface area contributed by atoms with Crippen molar-refractivity contribution in [3.8, 4) is 0 Å². The number of nitrogens with zero attached hydrogens (tertiary/aromatic N) is 2. The number of cyclic esters (lactones) is 1. The quantitative estimate of drug-likeness (QED) is 0.456. The lowest BCUT2D eigenvalue weighted by Crippen LogP contribution is -2.59. The van der Waals surface area contributed by atoms with E-state index in [1.807, 2.05) is 70.2 Å². The van der Waals surface area contributed by atoms with Crippen molar-refractivity contribution >= 4 is 23.5 Å². The number of benzene rings is 1. The Bertz CT molecular complexity index is 1210. The fourth-order valence-corrected chi connectivity index (χ4v) is 7.01. The number of aryl methyl sites for hydroxylation is 2. The van der Waals surface area contributed by atoms with Crippen molar-refractivity contribution in [2.45, 2.75) is 83.1 Å². The van der Waals surface area contributed by atoms with Crippen LogP contribution in [0.2, 0.25) is 0 Å². The summed E-state index contributed by atoms with van der Waals surface area (Å²) in [6.45, 7) is 8.06. The lowest BCUT2D eigenvalue weighted by atomic mass is 9.73. The van der Waals surface area contributed by atoms with Gasteiger partial charge in [-0.15, -0.1) is 0 Å². The highest BCUT2D eigenvalue weighted by atomic mass is 16.6. The number of carbonyl (C=O) groups is 3. The van der Waals surface area contributed by atoms with Gasteiger partial charge in [0.15, 0.2) is 0 Å². The van der Waals surface area contributed by atoms with E-state index in [4.69, 9.17) is 9.47 Å². The smallest absolute Gasteiger partial charge is 0.313 e. The number of aliphatic hydroxyl groups excluding tert-OH is 1. The van der Waals surface area contributed by atoms with Crippen LogP contribution in [0.5, 0.6) is 0 Å². The normalized spacial score (nSPS) is 34.2. The molecule has 0 aliphatic carbocycles. The minimum atomic E-state index is -1.37. The number of rotatable bonds is 5. The summed E-state index contributed by atoms with van der Waals surface area (Å²) in [6, 6.07) is 4.34. The third-order valence-electron chi connectivity index (χ3n) is 9.05. The van der Waals surface area contributed by atoms with Crippen molar-refractivity contribution in [1.29, 1.82) is 0 Å². The van der Waals surface area contributed by atoms with Gasteiger partial charge < -0.3 is 24.4 Å².